The fourth-order valence-corrected chi connectivity index (χ4v) is 7.95. The van der Waals surface area contributed by atoms with Crippen molar-refractivity contribution in [3.05, 3.63) is 99.3 Å². The first-order valence-electron chi connectivity index (χ1n) is 14.1. The highest BCUT2D eigenvalue weighted by Crippen LogP contribution is 2.40. The number of aromatic nitrogens is 2. The molecule has 0 amide bonds. The van der Waals surface area contributed by atoms with Crippen LogP contribution in [0.3, 0.4) is 0 Å². The van der Waals surface area contributed by atoms with Crippen LogP contribution in [0.2, 0.25) is 10.0 Å². The van der Waals surface area contributed by atoms with Gasteiger partial charge in [0, 0.05) is 40.4 Å². The van der Waals surface area contributed by atoms with E-state index >= 15 is 4.39 Å². The lowest BCUT2D eigenvalue weighted by Gasteiger charge is -2.28. The van der Waals surface area contributed by atoms with Crippen LogP contribution < -0.4 is 9.46 Å². The van der Waals surface area contributed by atoms with Crippen LogP contribution in [0.1, 0.15) is 37.1 Å². The van der Waals surface area contributed by atoms with Gasteiger partial charge in [-0.05, 0) is 54.1 Å². The molecule has 1 heterocycles. The molecule has 0 aliphatic heterocycles. The van der Waals surface area contributed by atoms with Crippen LogP contribution in [-0.2, 0) is 21.2 Å². The molecule has 0 bridgehead atoms. The Morgan fingerprint density at radius 1 is 1.02 bits per heavy atom. The lowest BCUT2D eigenvalue weighted by molar-refractivity contribution is -0.870. The van der Waals surface area contributed by atoms with Gasteiger partial charge in [-0.25, -0.2) is 26.9 Å². The minimum atomic E-state index is -4.22. The van der Waals surface area contributed by atoms with E-state index in [0.29, 0.717) is 32.5 Å². The van der Waals surface area contributed by atoms with E-state index in [-0.39, 0.29) is 22.9 Å². The van der Waals surface area contributed by atoms with Crippen LogP contribution in [0.5, 0.6) is 5.75 Å². The van der Waals surface area contributed by atoms with Crippen LogP contribution in [0.4, 0.5) is 8.78 Å². The summed E-state index contributed by atoms with van der Waals surface area (Å²) in [5, 5.41) is 1.07. The number of thioether (sulfide) groups is 1. The number of rotatable bonds is 13. The maximum atomic E-state index is 15.2. The third kappa shape index (κ3) is 8.19. The highest BCUT2D eigenvalue weighted by molar-refractivity contribution is 7.98. The van der Waals surface area contributed by atoms with Crippen molar-refractivity contribution < 1.29 is 26.4 Å². The number of hydrogen-bond acceptors (Lipinski definition) is 5. The standard InChI is InChI=1S/C32H37Cl2F2N4O3S2/c1-32(2,21-8-13-26(34)28(18-21)43-6)29-19-37-31(39(29)23-11-9-22(35)10-12-23)44-20-24-25(33)14-15-27(36)30(24)45(41,42)38-16-7-17-40(3,4)5/h8-15,18-19,38H,7,16-17,20H2,1-6H3/q+1. The van der Waals surface area contributed by atoms with Gasteiger partial charge in [0.2, 0.25) is 10.0 Å². The summed E-state index contributed by atoms with van der Waals surface area (Å²) in [5.41, 5.74) is 1.77. The maximum absolute atomic E-state index is 15.2. The molecule has 0 atom stereocenters. The van der Waals surface area contributed by atoms with E-state index in [0.717, 1.165) is 23.9 Å². The molecule has 0 aliphatic rings. The van der Waals surface area contributed by atoms with Crippen LogP contribution in [-0.4, -0.2) is 63.8 Å². The molecule has 0 fully saturated rings. The number of nitrogens with one attached hydrogen (secondary N) is 1. The van der Waals surface area contributed by atoms with Crippen molar-refractivity contribution in [1.82, 2.24) is 14.3 Å². The van der Waals surface area contributed by atoms with Crippen LogP contribution in [0, 0.1) is 11.6 Å². The number of hydrogen-bond donors (Lipinski definition) is 1. The minimum Gasteiger partial charge on any atom is -0.495 e. The molecule has 0 aliphatic carbocycles. The number of imidazole rings is 1. The monoisotopic (exact) mass is 697 g/mol. The molecular formula is C32H37Cl2F2N4O3S2+. The van der Waals surface area contributed by atoms with Crippen LogP contribution >= 0.6 is 35.0 Å². The highest BCUT2D eigenvalue weighted by atomic mass is 35.5. The van der Waals surface area contributed by atoms with Gasteiger partial charge in [-0.1, -0.05) is 54.9 Å². The molecule has 13 heteroatoms. The van der Waals surface area contributed by atoms with Crippen LogP contribution in [0.15, 0.2) is 70.8 Å². The Morgan fingerprint density at radius 2 is 1.69 bits per heavy atom. The van der Waals surface area contributed by atoms with Gasteiger partial charge in [0.15, 0.2) is 5.16 Å². The van der Waals surface area contributed by atoms with E-state index in [2.05, 4.69) is 9.71 Å². The average molecular weight is 699 g/mol. The predicted molar refractivity (Wildman–Crippen MR) is 177 cm³/mol. The first-order valence-corrected chi connectivity index (χ1v) is 17.4. The lowest BCUT2D eigenvalue weighted by atomic mass is 9.81. The van der Waals surface area contributed by atoms with Gasteiger partial charge in [0.1, 0.15) is 22.3 Å². The first-order chi connectivity index (χ1) is 21.0. The highest BCUT2D eigenvalue weighted by Gasteiger charge is 2.31. The summed E-state index contributed by atoms with van der Waals surface area (Å²) in [7, 11) is 3.35. The molecule has 1 N–H and O–H groups in total. The summed E-state index contributed by atoms with van der Waals surface area (Å²) in [5.74, 6) is -0.773. The van der Waals surface area contributed by atoms with Crippen molar-refractivity contribution in [3.63, 3.8) is 0 Å². The van der Waals surface area contributed by atoms with Crippen molar-refractivity contribution in [1.29, 1.82) is 0 Å². The van der Waals surface area contributed by atoms with E-state index in [1.54, 1.807) is 31.5 Å². The lowest BCUT2D eigenvalue weighted by Crippen LogP contribution is -2.37. The fraction of sp³-hybridized carbons (Fsp3) is 0.344. The Kier molecular flexibility index (Phi) is 10.9. The molecule has 242 valence electrons. The average Bonchev–Trinajstić information content (AvgIpc) is 3.40. The van der Waals surface area contributed by atoms with E-state index < -0.39 is 32.0 Å². The predicted octanol–water partition coefficient (Wildman–Crippen LogP) is 7.46. The van der Waals surface area contributed by atoms with Crippen molar-refractivity contribution in [2.75, 3.05) is 41.3 Å². The number of methoxy groups -OCH3 is 1. The van der Waals surface area contributed by atoms with Gasteiger partial charge in [0.05, 0.1) is 51.7 Å². The second-order valence-electron chi connectivity index (χ2n) is 12.1. The molecule has 0 saturated heterocycles. The largest absolute Gasteiger partial charge is 0.495 e. The Balaban J connectivity index is 1.73. The number of quaternary nitrogens is 1. The van der Waals surface area contributed by atoms with Gasteiger partial charge < -0.3 is 9.22 Å². The SMILES string of the molecule is COc1cc(C(C)(C)c2cnc(SCc3c(Cl)ccc(F)c3S(=O)(=O)NCCC[N+](C)(C)C)n2-c2ccc(F)cc2)ccc1Cl. The van der Waals surface area contributed by atoms with Crippen LogP contribution in [0.25, 0.3) is 5.69 Å². The maximum Gasteiger partial charge on any atom is 0.243 e. The Morgan fingerprint density at radius 3 is 2.33 bits per heavy atom. The molecule has 0 radical (unpaired) electrons. The summed E-state index contributed by atoms with van der Waals surface area (Å²) in [6.45, 7) is 4.91. The number of benzene rings is 3. The quantitative estimate of drug-likeness (QED) is 0.0892. The molecule has 0 spiro atoms. The second-order valence-corrected chi connectivity index (χ2v) is 15.6. The zero-order valence-electron chi connectivity index (χ0n) is 26.0. The molecule has 0 saturated carbocycles. The number of sulfonamides is 1. The van der Waals surface area contributed by atoms with Crippen molar-refractivity contribution in [3.8, 4) is 11.4 Å². The summed E-state index contributed by atoms with van der Waals surface area (Å²) >= 11 is 14.0. The number of halogens is 4. The smallest absolute Gasteiger partial charge is 0.243 e. The molecule has 0 unspecified atom stereocenters. The van der Waals surface area contributed by atoms with Crippen molar-refractivity contribution in [2.45, 2.75) is 41.5 Å². The normalized spacial score (nSPS) is 12.5. The minimum absolute atomic E-state index is 0.00143. The molecule has 3 aromatic carbocycles. The summed E-state index contributed by atoms with van der Waals surface area (Å²) in [6.07, 6.45) is 2.29. The molecule has 1 aromatic heterocycles. The Labute approximate surface area is 278 Å². The second kappa shape index (κ2) is 14.0. The first kappa shape index (κ1) is 35.2. The number of nitrogens with zero attached hydrogens (tertiary/aromatic N) is 3. The Hall–Kier alpha value is -2.67. The summed E-state index contributed by atoms with van der Waals surface area (Å²) < 4.78 is 66.4. The molecule has 4 rings (SSSR count). The van der Waals surface area contributed by atoms with Gasteiger partial charge >= 0.3 is 0 Å². The molecular weight excluding hydrogens is 661 g/mol. The van der Waals surface area contributed by atoms with Gasteiger partial charge in [-0.15, -0.1) is 0 Å². The Bertz CT molecular complexity index is 1770. The van der Waals surface area contributed by atoms with Crippen molar-refractivity contribution >= 4 is 45.0 Å². The van der Waals surface area contributed by atoms with Gasteiger partial charge in [0.25, 0.3) is 0 Å². The number of ether oxygens (including phenoxy) is 1. The van der Waals surface area contributed by atoms with E-state index in [9.17, 15) is 12.8 Å². The molecule has 45 heavy (non-hydrogen) atoms. The topological polar surface area (TPSA) is 73.2 Å². The third-order valence-electron chi connectivity index (χ3n) is 7.39. The third-order valence-corrected chi connectivity index (χ3v) is 10.6. The molecule has 4 aromatic rings. The van der Waals surface area contributed by atoms with E-state index in [1.807, 2.05) is 51.7 Å². The van der Waals surface area contributed by atoms with Gasteiger partial charge in [-0.2, -0.15) is 0 Å². The van der Waals surface area contributed by atoms with E-state index in [1.165, 1.54) is 30.0 Å². The zero-order valence-corrected chi connectivity index (χ0v) is 29.1. The fourth-order valence-electron chi connectivity index (χ4n) is 4.88. The summed E-state index contributed by atoms with van der Waals surface area (Å²) in [4.78, 5) is 4.20. The van der Waals surface area contributed by atoms with Gasteiger partial charge in [-0.3, -0.25) is 4.57 Å². The van der Waals surface area contributed by atoms with Crippen molar-refractivity contribution in [2.24, 2.45) is 0 Å². The summed E-state index contributed by atoms with van der Waals surface area (Å²) in [6, 6.07) is 13.9. The molecule has 7 nitrogen and oxygen atoms in total. The zero-order chi connectivity index (χ0) is 33.2. The van der Waals surface area contributed by atoms with E-state index in [4.69, 9.17) is 27.9 Å².